The highest BCUT2D eigenvalue weighted by atomic mass is 14.5. The first-order valence-corrected chi connectivity index (χ1v) is 9.67. The normalized spacial score (nSPS) is 19.9. The van der Waals surface area contributed by atoms with Gasteiger partial charge in [-0.2, -0.15) is 0 Å². The van der Waals surface area contributed by atoms with E-state index in [4.69, 9.17) is 6.85 Å². The molecule has 28 heavy (non-hydrogen) atoms. The third-order valence-electron chi connectivity index (χ3n) is 5.82. The lowest BCUT2D eigenvalue weighted by Gasteiger charge is -2.34. The van der Waals surface area contributed by atoms with E-state index in [2.05, 4.69) is 38.1 Å². The summed E-state index contributed by atoms with van der Waals surface area (Å²) in [6.45, 7) is 4.27. The predicted molar refractivity (Wildman–Crippen MR) is 118 cm³/mol. The Morgan fingerprint density at radius 2 is 1.36 bits per heavy atom. The van der Waals surface area contributed by atoms with Gasteiger partial charge in [-0.15, -0.1) is 0 Å². The van der Waals surface area contributed by atoms with Crippen molar-refractivity contribution in [1.29, 1.82) is 0 Å². The topological polar surface area (TPSA) is 0 Å². The van der Waals surface area contributed by atoms with Crippen molar-refractivity contribution in [3.63, 3.8) is 0 Å². The lowest BCUT2D eigenvalue weighted by Crippen LogP contribution is -2.28. The fraction of sp³-hybridized carbons (Fsp3) is 0.143. The van der Waals surface area contributed by atoms with E-state index < -0.39 is 5.41 Å². The molecular formula is C28H24. The first-order valence-electron chi connectivity index (χ1n) is 12.2. The Kier molecular flexibility index (Phi) is 2.87. The summed E-state index contributed by atoms with van der Waals surface area (Å²) in [7, 11) is 0. The second kappa shape index (κ2) is 6.49. The molecular weight excluding hydrogens is 336 g/mol. The maximum Gasteiger partial charge on any atom is 0.0713 e. The molecule has 4 aromatic carbocycles. The van der Waals surface area contributed by atoms with Gasteiger partial charge in [0.15, 0.2) is 0 Å². The van der Waals surface area contributed by atoms with Crippen LogP contribution in [0, 0.1) is 0 Å². The summed E-state index contributed by atoms with van der Waals surface area (Å²) in [6.07, 6.45) is 0. The molecule has 136 valence electrons. The van der Waals surface area contributed by atoms with Crippen LogP contribution in [-0.4, -0.2) is 0 Å². The largest absolute Gasteiger partial charge is 0.0713 e. The molecule has 0 nitrogen and oxygen atoms in total. The summed E-state index contributed by atoms with van der Waals surface area (Å²) < 4.78 is 42.8. The standard InChI is InChI=1S/C28H24/c1-20(2)21-17-18-25-24-15-9-10-16-26(24)28(27(25)19-21,22-11-5-3-6-12-22)23-13-7-4-8-14-23/h3-20H,1-2H3/i3D,5D,6D,11D,12D. The summed E-state index contributed by atoms with van der Waals surface area (Å²) in [5.41, 5.74) is 5.26. The van der Waals surface area contributed by atoms with E-state index >= 15 is 0 Å². The number of hydrogen-bond acceptors (Lipinski definition) is 0. The highest BCUT2D eigenvalue weighted by molar-refractivity contribution is 5.86. The SMILES string of the molecule is [2H]c1c([2H])c([2H])c(C2(c3ccccc3)c3ccccc3-c3ccc(C(C)C)cc32)c([2H])c1[2H]. The smallest absolute Gasteiger partial charge is 0.0622 e. The Morgan fingerprint density at radius 1 is 0.679 bits per heavy atom. The molecule has 4 aromatic rings. The summed E-state index contributed by atoms with van der Waals surface area (Å²) >= 11 is 0. The molecule has 1 unspecified atom stereocenters. The lowest BCUT2D eigenvalue weighted by molar-refractivity contribution is 0.762. The van der Waals surface area contributed by atoms with Gasteiger partial charge in [-0.05, 0) is 44.9 Å². The third-order valence-corrected chi connectivity index (χ3v) is 5.82. The van der Waals surface area contributed by atoms with Crippen molar-refractivity contribution in [3.8, 4) is 11.1 Å². The molecule has 0 spiro atoms. The molecule has 1 aliphatic rings. The molecule has 0 aromatic heterocycles. The first-order chi connectivity index (χ1) is 15.8. The molecule has 0 aliphatic heterocycles. The highest BCUT2D eigenvalue weighted by Gasteiger charge is 2.45. The maximum absolute atomic E-state index is 8.92. The summed E-state index contributed by atoms with van der Waals surface area (Å²) in [5, 5.41) is 0. The van der Waals surface area contributed by atoms with E-state index in [9.17, 15) is 0 Å². The zero-order valence-corrected chi connectivity index (χ0v) is 16.0. The fourth-order valence-corrected chi connectivity index (χ4v) is 4.51. The first kappa shape index (κ1) is 12.4. The van der Waals surface area contributed by atoms with E-state index in [1.807, 2.05) is 48.5 Å². The van der Waals surface area contributed by atoms with Crippen molar-refractivity contribution in [2.45, 2.75) is 25.2 Å². The van der Waals surface area contributed by atoms with Gasteiger partial charge >= 0.3 is 0 Å². The molecule has 0 saturated carbocycles. The zero-order valence-electron chi connectivity index (χ0n) is 21.0. The Hall–Kier alpha value is -3.12. The average Bonchev–Trinajstić information content (AvgIpc) is 3.13. The quantitative estimate of drug-likeness (QED) is 0.318. The predicted octanol–water partition coefficient (Wildman–Crippen LogP) is 7.17. The van der Waals surface area contributed by atoms with Crippen LogP contribution in [0.15, 0.2) is 103 Å². The maximum atomic E-state index is 8.92. The Labute approximate surface area is 174 Å². The van der Waals surface area contributed by atoms with Crippen molar-refractivity contribution < 1.29 is 6.85 Å². The Bertz CT molecular complexity index is 1360. The van der Waals surface area contributed by atoms with Crippen LogP contribution in [0.25, 0.3) is 11.1 Å². The Balaban J connectivity index is 2.05. The summed E-state index contributed by atoms with van der Waals surface area (Å²) in [6, 6.07) is 22.9. The third kappa shape index (κ3) is 2.31. The van der Waals surface area contributed by atoms with Crippen LogP contribution >= 0.6 is 0 Å². The lowest BCUT2D eigenvalue weighted by atomic mass is 9.67. The van der Waals surface area contributed by atoms with Gasteiger partial charge in [-0.25, -0.2) is 0 Å². The Morgan fingerprint density at radius 3 is 2.11 bits per heavy atom. The van der Waals surface area contributed by atoms with Crippen LogP contribution in [0.2, 0.25) is 0 Å². The molecule has 1 atom stereocenters. The molecule has 5 rings (SSSR count). The van der Waals surface area contributed by atoms with E-state index in [0.29, 0.717) is 5.56 Å². The van der Waals surface area contributed by atoms with Crippen molar-refractivity contribution in [3.05, 3.63) is 131 Å². The highest BCUT2D eigenvalue weighted by Crippen LogP contribution is 2.56. The van der Waals surface area contributed by atoms with Crippen LogP contribution < -0.4 is 0 Å². The molecule has 0 radical (unpaired) electrons. The van der Waals surface area contributed by atoms with E-state index in [1.165, 1.54) is 0 Å². The van der Waals surface area contributed by atoms with Gasteiger partial charge in [0.05, 0.1) is 12.3 Å². The molecule has 0 heterocycles. The summed E-state index contributed by atoms with van der Waals surface area (Å²) in [4.78, 5) is 0. The zero-order chi connectivity index (χ0) is 23.5. The van der Waals surface area contributed by atoms with Crippen LogP contribution in [0.1, 0.15) is 54.4 Å². The average molecular weight is 366 g/mol. The number of rotatable bonds is 3. The minimum atomic E-state index is -1.02. The molecule has 0 bridgehead atoms. The van der Waals surface area contributed by atoms with E-state index in [0.717, 1.165) is 33.4 Å². The molecule has 0 fully saturated rings. The molecule has 1 aliphatic carbocycles. The van der Waals surface area contributed by atoms with Gasteiger partial charge in [-0.1, -0.05) is 117 Å². The van der Waals surface area contributed by atoms with Crippen molar-refractivity contribution >= 4 is 0 Å². The summed E-state index contributed by atoms with van der Waals surface area (Å²) in [5.74, 6) is 0.285. The second-order valence-corrected chi connectivity index (χ2v) is 7.62. The van der Waals surface area contributed by atoms with Gasteiger partial charge in [0.1, 0.15) is 0 Å². The van der Waals surface area contributed by atoms with Gasteiger partial charge < -0.3 is 0 Å². The van der Waals surface area contributed by atoms with Gasteiger partial charge in [0, 0.05) is 0 Å². The number of benzene rings is 4. The van der Waals surface area contributed by atoms with Crippen molar-refractivity contribution in [2.24, 2.45) is 0 Å². The monoisotopic (exact) mass is 365 g/mol. The molecule has 0 saturated heterocycles. The van der Waals surface area contributed by atoms with E-state index in [-0.39, 0.29) is 36.1 Å². The van der Waals surface area contributed by atoms with Crippen molar-refractivity contribution in [2.75, 3.05) is 0 Å². The van der Waals surface area contributed by atoms with Gasteiger partial charge in [0.25, 0.3) is 0 Å². The molecule has 0 amide bonds. The molecule has 0 N–H and O–H groups in total. The molecule has 0 heteroatoms. The number of fused-ring (bicyclic) bond motifs is 3. The van der Waals surface area contributed by atoms with Crippen LogP contribution in [-0.2, 0) is 5.41 Å². The minimum Gasteiger partial charge on any atom is -0.0622 e. The second-order valence-electron chi connectivity index (χ2n) is 7.62. The fourth-order valence-electron chi connectivity index (χ4n) is 4.51. The van der Waals surface area contributed by atoms with Crippen LogP contribution in [0.4, 0.5) is 0 Å². The van der Waals surface area contributed by atoms with Crippen molar-refractivity contribution in [1.82, 2.24) is 0 Å². The minimum absolute atomic E-state index is 0.164. The van der Waals surface area contributed by atoms with E-state index in [1.54, 1.807) is 0 Å². The van der Waals surface area contributed by atoms with Crippen LogP contribution in [0.3, 0.4) is 0 Å². The number of hydrogen-bond donors (Lipinski definition) is 0. The van der Waals surface area contributed by atoms with Gasteiger partial charge in [-0.3, -0.25) is 0 Å². The van der Waals surface area contributed by atoms with Gasteiger partial charge in [0.2, 0.25) is 0 Å². The van der Waals surface area contributed by atoms with Crippen LogP contribution in [0.5, 0.6) is 0 Å².